The second kappa shape index (κ2) is 20.3. The number of allylic oxidation sites excluding steroid dienone is 6. The average molecular weight is 700 g/mol. The molecule has 0 aromatic heterocycles. The van der Waals surface area contributed by atoms with Crippen LogP contribution < -0.4 is 5.32 Å². The molecule has 0 bridgehead atoms. The van der Waals surface area contributed by atoms with Crippen molar-refractivity contribution in [3.05, 3.63) is 59.0 Å². The van der Waals surface area contributed by atoms with Crippen molar-refractivity contribution in [3.8, 4) is 0 Å². The Bertz CT molecular complexity index is 1350. The summed E-state index contributed by atoms with van der Waals surface area (Å²) < 4.78 is 30.2. The Balaban J connectivity index is 1.61. The minimum Gasteiger partial charge on any atom is -0.466 e. The van der Waals surface area contributed by atoms with E-state index >= 15 is 0 Å². The van der Waals surface area contributed by atoms with Crippen LogP contribution in [0.2, 0.25) is 0 Å². The van der Waals surface area contributed by atoms with E-state index in [2.05, 4.69) is 56.1 Å². The zero-order valence-electron chi connectivity index (χ0n) is 31.3. The van der Waals surface area contributed by atoms with Gasteiger partial charge in [-0.1, -0.05) is 90.9 Å². The smallest absolute Gasteiger partial charge is 0.246 e. The van der Waals surface area contributed by atoms with E-state index in [1.807, 2.05) is 17.9 Å². The van der Waals surface area contributed by atoms with Gasteiger partial charge in [-0.05, 0) is 81.7 Å². The van der Waals surface area contributed by atoms with E-state index in [1.54, 1.807) is 18.2 Å². The lowest BCUT2D eigenvalue weighted by Crippen LogP contribution is -2.70. The molecule has 1 aliphatic heterocycles. The van der Waals surface area contributed by atoms with Crippen LogP contribution in [0.4, 0.5) is 0 Å². The molecule has 2 aliphatic carbocycles. The normalized spacial score (nSPS) is 26.6. The van der Waals surface area contributed by atoms with E-state index in [0.717, 1.165) is 76.1 Å². The Morgan fingerprint density at radius 1 is 0.939 bits per heavy atom. The highest BCUT2D eigenvalue weighted by atomic mass is 32.2. The number of nitrogens with zero attached hydrogens (tertiary/aromatic N) is 2. The molecule has 49 heavy (non-hydrogen) atoms. The Labute approximate surface area is 298 Å². The van der Waals surface area contributed by atoms with Gasteiger partial charge >= 0.3 is 0 Å². The highest BCUT2D eigenvalue weighted by Crippen LogP contribution is 2.30. The average Bonchev–Trinajstić information content (AvgIpc) is 3.29. The number of piperazine rings is 1. The number of hydrogen-bond acceptors (Lipinski definition) is 6. The minimum atomic E-state index is -3.27. The lowest BCUT2D eigenvalue weighted by Gasteiger charge is -2.47. The number of carbonyl (C=O) groups is 2. The summed E-state index contributed by atoms with van der Waals surface area (Å²) in [7, 11) is -3.27. The maximum Gasteiger partial charge on any atom is 0.246 e. The van der Waals surface area contributed by atoms with Gasteiger partial charge in [-0.15, -0.1) is 0 Å². The Hall–Kier alpha value is -2.65. The van der Waals surface area contributed by atoms with Crippen molar-refractivity contribution in [2.45, 2.75) is 136 Å². The number of unbranched alkanes of at least 4 members (excludes halogenated alkanes) is 6. The minimum absolute atomic E-state index is 0.00456. The number of sulfone groups is 1. The highest BCUT2D eigenvalue weighted by Gasteiger charge is 2.48. The molecule has 1 saturated heterocycles. The molecule has 0 radical (unpaired) electrons. The van der Waals surface area contributed by atoms with Crippen molar-refractivity contribution in [2.75, 3.05) is 32.4 Å². The van der Waals surface area contributed by atoms with Gasteiger partial charge < -0.3 is 19.9 Å². The van der Waals surface area contributed by atoms with Gasteiger partial charge in [0.05, 0.1) is 4.91 Å². The summed E-state index contributed by atoms with van der Waals surface area (Å²) in [5.41, 5.74) is -0.853. The standard InChI is InChI=1S/C40H65N3O5S/c1-7-10-12-13-14-15-22-37-38(44)43(27-11-8-2)40(5,39(45)41-37)25-28-42(26-9-3)31-33-18-16-20-35(30-32(4)29-33)48-34-19-17-21-36(24-23-34)49(6,46)47/h16-18,21,23-24,30,32-33,37H,7-15,19-20,22,25-29,31H2,1-6H3,(H,41,45)/b18-16-,35-30+/t32?,33?,37-,40?/m0/s1. The van der Waals surface area contributed by atoms with Crippen LogP contribution in [-0.4, -0.2) is 74.0 Å². The van der Waals surface area contributed by atoms with Crippen molar-refractivity contribution < 1.29 is 22.7 Å². The van der Waals surface area contributed by atoms with Crippen LogP contribution in [0.3, 0.4) is 0 Å². The molecule has 4 atom stereocenters. The first-order valence-corrected chi connectivity index (χ1v) is 21.0. The third-order valence-corrected chi connectivity index (χ3v) is 11.2. The number of carbonyl (C=O) groups excluding carboxylic acids is 2. The molecule has 3 unspecified atom stereocenters. The van der Waals surface area contributed by atoms with Gasteiger partial charge in [0.2, 0.25) is 11.8 Å². The first kappa shape index (κ1) is 40.8. The Kier molecular flexibility index (Phi) is 16.9. The monoisotopic (exact) mass is 699 g/mol. The fourth-order valence-electron chi connectivity index (χ4n) is 7.17. The Morgan fingerprint density at radius 2 is 1.65 bits per heavy atom. The molecule has 0 aromatic rings. The van der Waals surface area contributed by atoms with Gasteiger partial charge in [0.25, 0.3) is 0 Å². The number of rotatable bonds is 20. The molecule has 0 spiro atoms. The molecule has 1 N–H and O–H groups in total. The molecular weight excluding hydrogens is 635 g/mol. The molecular formula is C40H65N3O5S. The number of amides is 2. The summed E-state index contributed by atoms with van der Waals surface area (Å²) in [6, 6.07) is -0.407. The summed E-state index contributed by atoms with van der Waals surface area (Å²) in [5, 5.41) is 3.15. The van der Waals surface area contributed by atoms with Gasteiger partial charge in [0, 0.05) is 38.7 Å². The third kappa shape index (κ3) is 12.9. The van der Waals surface area contributed by atoms with Crippen LogP contribution in [0.5, 0.6) is 0 Å². The van der Waals surface area contributed by atoms with Crippen molar-refractivity contribution in [1.82, 2.24) is 15.1 Å². The van der Waals surface area contributed by atoms with Gasteiger partial charge in [-0.2, -0.15) is 0 Å². The van der Waals surface area contributed by atoms with Gasteiger partial charge in [-0.3, -0.25) is 9.59 Å². The number of nitrogens with one attached hydrogen (secondary N) is 1. The fraction of sp³-hybridized carbons (Fsp3) is 0.700. The van der Waals surface area contributed by atoms with Crippen molar-refractivity contribution in [3.63, 3.8) is 0 Å². The number of ether oxygens (including phenoxy) is 1. The molecule has 2 amide bonds. The first-order chi connectivity index (χ1) is 23.4. The summed E-state index contributed by atoms with van der Waals surface area (Å²) in [4.78, 5) is 32.3. The van der Waals surface area contributed by atoms with E-state index in [9.17, 15) is 18.0 Å². The fourth-order valence-corrected chi connectivity index (χ4v) is 7.83. The van der Waals surface area contributed by atoms with Crippen LogP contribution in [0.15, 0.2) is 59.0 Å². The van der Waals surface area contributed by atoms with Crippen molar-refractivity contribution in [2.24, 2.45) is 11.8 Å². The third-order valence-electron chi connectivity index (χ3n) is 10.1. The first-order valence-electron chi connectivity index (χ1n) is 19.1. The van der Waals surface area contributed by atoms with E-state index in [4.69, 9.17) is 4.74 Å². The van der Waals surface area contributed by atoms with E-state index < -0.39 is 21.4 Å². The predicted octanol–water partition coefficient (Wildman–Crippen LogP) is 8.00. The summed E-state index contributed by atoms with van der Waals surface area (Å²) >= 11 is 0. The molecule has 3 aliphatic rings. The van der Waals surface area contributed by atoms with Crippen LogP contribution in [0.1, 0.15) is 125 Å². The van der Waals surface area contributed by atoms with E-state index in [-0.39, 0.29) is 16.7 Å². The van der Waals surface area contributed by atoms with Crippen molar-refractivity contribution >= 4 is 21.7 Å². The molecule has 1 fully saturated rings. The second-order valence-electron chi connectivity index (χ2n) is 14.7. The summed E-state index contributed by atoms with van der Waals surface area (Å²) in [6.07, 6.45) is 28.1. The second-order valence-corrected chi connectivity index (χ2v) is 16.7. The van der Waals surface area contributed by atoms with Crippen LogP contribution in [0, 0.1) is 11.8 Å². The Morgan fingerprint density at radius 3 is 2.37 bits per heavy atom. The molecule has 8 nitrogen and oxygen atoms in total. The summed E-state index contributed by atoms with van der Waals surface area (Å²) in [5.74, 6) is 2.35. The molecule has 0 saturated carbocycles. The quantitative estimate of drug-likeness (QED) is 0.102. The van der Waals surface area contributed by atoms with E-state index in [0.29, 0.717) is 37.6 Å². The largest absolute Gasteiger partial charge is 0.466 e. The topological polar surface area (TPSA) is 96.0 Å². The van der Waals surface area contributed by atoms with Gasteiger partial charge in [0.15, 0.2) is 9.84 Å². The van der Waals surface area contributed by atoms with Gasteiger partial charge in [0.1, 0.15) is 23.1 Å². The van der Waals surface area contributed by atoms with Crippen molar-refractivity contribution in [1.29, 1.82) is 0 Å². The zero-order chi connectivity index (χ0) is 35.9. The van der Waals surface area contributed by atoms with Crippen LogP contribution in [-0.2, 0) is 24.2 Å². The molecule has 1 heterocycles. The number of hydrogen-bond donors (Lipinski definition) is 1. The zero-order valence-corrected chi connectivity index (χ0v) is 32.2. The lowest BCUT2D eigenvalue weighted by atomic mass is 9.87. The van der Waals surface area contributed by atoms with E-state index in [1.165, 1.54) is 31.9 Å². The van der Waals surface area contributed by atoms with Gasteiger partial charge in [-0.25, -0.2) is 8.42 Å². The molecule has 0 aromatic carbocycles. The summed E-state index contributed by atoms with van der Waals surface area (Å²) in [6.45, 7) is 14.0. The molecule has 9 heteroatoms. The lowest BCUT2D eigenvalue weighted by molar-refractivity contribution is -0.157. The molecule has 3 rings (SSSR count). The molecule has 276 valence electrons. The maximum atomic E-state index is 13.8. The predicted molar refractivity (Wildman–Crippen MR) is 201 cm³/mol. The van der Waals surface area contributed by atoms with Crippen LogP contribution in [0.25, 0.3) is 0 Å². The van der Waals surface area contributed by atoms with Crippen LogP contribution >= 0.6 is 0 Å². The SMILES string of the molecule is CCCCCCCC[C@@H]1NC(=O)C(C)(CCN(CCC)CC2/C=C\C/C(OC3=CC=C(S(C)(=O)=O)C=CC3)=C\C(C)C2)N(CCCC)C1=O. The highest BCUT2D eigenvalue weighted by molar-refractivity contribution is 7.94. The maximum absolute atomic E-state index is 13.8.